The van der Waals surface area contributed by atoms with Crippen LogP contribution in [0.25, 0.3) is 0 Å². The summed E-state index contributed by atoms with van der Waals surface area (Å²) in [5.74, 6) is 0.748. The topological polar surface area (TPSA) is 41.5 Å². The maximum Gasteiger partial charge on any atom is 0.0931 e. The van der Waals surface area contributed by atoms with E-state index in [4.69, 9.17) is 16.3 Å². The fourth-order valence-corrected chi connectivity index (χ4v) is 2.78. The van der Waals surface area contributed by atoms with E-state index in [9.17, 15) is 5.11 Å². The quantitative estimate of drug-likeness (QED) is 0.773. The van der Waals surface area contributed by atoms with Crippen molar-refractivity contribution in [3.05, 3.63) is 21.3 Å². The van der Waals surface area contributed by atoms with E-state index in [1.165, 1.54) is 17.7 Å². The summed E-state index contributed by atoms with van der Waals surface area (Å²) in [5, 5.41) is 13.1. The summed E-state index contributed by atoms with van der Waals surface area (Å²) in [7, 11) is 0. The molecule has 2 atom stereocenters. The number of rotatable bonds is 8. The van der Waals surface area contributed by atoms with Gasteiger partial charge < -0.3 is 15.2 Å². The van der Waals surface area contributed by atoms with Crippen molar-refractivity contribution in [2.75, 3.05) is 19.8 Å². The molecule has 0 aliphatic heterocycles. The highest BCUT2D eigenvalue weighted by Gasteiger charge is 2.21. The zero-order chi connectivity index (χ0) is 13.0. The summed E-state index contributed by atoms with van der Waals surface area (Å²) in [5.41, 5.74) is 0. The highest BCUT2D eigenvalue weighted by molar-refractivity contribution is 7.16. The number of ether oxygens (including phenoxy) is 1. The van der Waals surface area contributed by atoms with Gasteiger partial charge in [-0.05, 0) is 37.8 Å². The molecule has 0 amide bonds. The molecule has 5 heteroatoms. The van der Waals surface area contributed by atoms with Crippen molar-refractivity contribution in [3.8, 4) is 0 Å². The minimum absolute atomic E-state index is 0.209. The van der Waals surface area contributed by atoms with Crippen LogP contribution in [0.5, 0.6) is 0 Å². The number of hydrogen-bond donors (Lipinski definition) is 2. The smallest absolute Gasteiger partial charge is 0.0931 e. The van der Waals surface area contributed by atoms with Crippen molar-refractivity contribution in [2.45, 2.75) is 31.9 Å². The van der Waals surface area contributed by atoms with Crippen LogP contribution in [0.4, 0.5) is 0 Å². The molecule has 18 heavy (non-hydrogen) atoms. The molecule has 1 aromatic heterocycles. The van der Waals surface area contributed by atoms with Crippen LogP contribution in [0.2, 0.25) is 4.34 Å². The van der Waals surface area contributed by atoms with Gasteiger partial charge in [-0.25, -0.2) is 0 Å². The lowest BCUT2D eigenvalue weighted by molar-refractivity contribution is 0.0315. The molecule has 0 spiro atoms. The van der Waals surface area contributed by atoms with Gasteiger partial charge in [0.1, 0.15) is 0 Å². The van der Waals surface area contributed by atoms with Crippen molar-refractivity contribution in [3.63, 3.8) is 0 Å². The SMILES string of the molecule is CC(NCC(O)COCC1CC1)c1ccc(Cl)s1. The maximum absolute atomic E-state index is 9.77. The highest BCUT2D eigenvalue weighted by Crippen LogP contribution is 2.29. The summed E-state index contributed by atoms with van der Waals surface area (Å²) in [6.45, 7) is 3.83. The average Bonchev–Trinajstić information content (AvgIpc) is 3.06. The van der Waals surface area contributed by atoms with Crippen molar-refractivity contribution in [1.29, 1.82) is 0 Å². The van der Waals surface area contributed by atoms with E-state index in [0.717, 1.165) is 16.9 Å². The monoisotopic (exact) mass is 289 g/mol. The molecule has 0 aromatic carbocycles. The van der Waals surface area contributed by atoms with Crippen LogP contribution in [0.3, 0.4) is 0 Å². The number of halogens is 1. The van der Waals surface area contributed by atoms with Crippen molar-refractivity contribution < 1.29 is 9.84 Å². The molecule has 1 aromatic rings. The predicted molar refractivity (Wildman–Crippen MR) is 75.3 cm³/mol. The molecule has 0 radical (unpaired) electrons. The second kappa shape index (κ2) is 6.87. The van der Waals surface area contributed by atoms with Crippen LogP contribution >= 0.6 is 22.9 Å². The molecule has 0 saturated heterocycles. The Bertz CT molecular complexity index is 368. The van der Waals surface area contributed by atoms with Gasteiger partial charge in [0, 0.05) is 24.1 Å². The first kappa shape index (κ1) is 14.3. The lowest BCUT2D eigenvalue weighted by Crippen LogP contribution is -2.32. The first-order valence-electron chi connectivity index (χ1n) is 6.39. The zero-order valence-corrected chi connectivity index (χ0v) is 12.1. The lowest BCUT2D eigenvalue weighted by Gasteiger charge is -2.16. The molecule has 0 bridgehead atoms. The van der Waals surface area contributed by atoms with Gasteiger partial charge in [-0.15, -0.1) is 11.3 Å². The largest absolute Gasteiger partial charge is 0.389 e. The van der Waals surface area contributed by atoms with Crippen LogP contribution < -0.4 is 5.32 Å². The number of aliphatic hydroxyl groups is 1. The molecule has 102 valence electrons. The van der Waals surface area contributed by atoms with Crippen molar-refractivity contribution in [2.24, 2.45) is 5.92 Å². The fraction of sp³-hybridized carbons (Fsp3) is 0.692. The maximum atomic E-state index is 9.77. The van der Waals surface area contributed by atoms with E-state index in [0.29, 0.717) is 13.2 Å². The van der Waals surface area contributed by atoms with Gasteiger partial charge in [0.2, 0.25) is 0 Å². The average molecular weight is 290 g/mol. The Hall–Kier alpha value is -0.130. The van der Waals surface area contributed by atoms with Crippen LogP contribution in [-0.4, -0.2) is 31.0 Å². The molecule has 1 saturated carbocycles. The van der Waals surface area contributed by atoms with E-state index in [-0.39, 0.29) is 6.04 Å². The van der Waals surface area contributed by atoms with Gasteiger partial charge >= 0.3 is 0 Å². The second-order valence-electron chi connectivity index (χ2n) is 4.91. The molecule has 1 aliphatic rings. The van der Waals surface area contributed by atoms with Crippen molar-refractivity contribution >= 4 is 22.9 Å². The number of aliphatic hydroxyl groups excluding tert-OH is 1. The summed E-state index contributed by atoms with van der Waals surface area (Å²) in [4.78, 5) is 1.19. The Morgan fingerprint density at radius 2 is 2.33 bits per heavy atom. The molecule has 1 aliphatic carbocycles. The Labute approximate surface area is 117 Å². The first-order chi connectivity index (χ1) is 8.65. The van der Waals surface area contributed by atoms with Crippen LogP contribution in [0.15, 0.2) is 12.1 Å². The first-order valence-corrected chi connectivity index (χ1v) is 7.59. The minimum atomic E-state index is -0.443. The standard InChI is InChI=1S/C13H20ClNO2S/c1-9(12-4-5-13(14)18-12)15-6-11(16)8-17-7-10-2-3-10/h4-5,9-11,15-16H,2-3,6-8H2,1H3. The van der Waals surface area contributed by atoms with Gasteiger partial charge in [0.25, 0.3) is 0 Å². The third kappa shape index (κ3) is 4.86. The van der Waals surface area contributed by atoms with E-state index < -0.39 is 6.10 Å². The normalized spacial score (nSPS) is 18.8. The second-order valence-corrected chi connectivity index (χ2v) is 6.65. The molecule has 2 rings (SSSR count). The van der Waals surface area contributed by atoms with E-state index in [1.54, 1.807) is 11.3 Å². The number of nitrogens with one attached hydrogen (secondary N) is 1. The molecule has 3 nitrogen and oxygen atoms in total. The summed E-state index contributed by atoms with van der Waals surface area (Å²) < 4.78 is 6.25. The highest BCUT2D eigenvalue weighted by atomic mass is 35.5. The Morgan fingerprint density at radius 3 is 2.94 bits per heavy atom. The predicted octanol–water partition coefficient (Wildman–Crippen LogP) is 2.84. The molecule has 1 fully saturated rings. The summed E-state index contributed by atoms with van der Waals surface area (Å²) in [6, 6.07) is 4.12. The summed E-state index contributed by atoms with van der Waals surface area (Å²) in [6.07, 6.45) is 2.12. The third-order valence-electron chi connectivity index (χ3n) is 3.04. The number of hydrogen-bond acceptors (Lipinski definition) is 4. The van der Waals surface area contributed by atoms with Crippen LogP contribution in [-0.2, 0) is 4.74 Å². The molecular formula is C13H20ClNO2S. The summed E-state index contributed by atoms with van der Waals surface area (Å²) >= 11 is 7.46. The fourth-order valence-electron chi connectivity index (χ4n) is 1.69. The van der Waals surface area contributed by atoms with Gasteiger partial charge in [-0.1, -0.05) is 11.6 Å². The minimum Gasteiger partial charge on any atom is -0.389 e. The Balaban J connectivity index is 1.60. The van der Waals surface area contributed by atoms with Crippen LogP contribution in [0, 0.1) is 5.92 Å². The molecule has 2 N–H and O–H groups in total. The van der Waals surface area contributed by atoms with Gasteiger partial charge in [0.05, 0.1) is 17.0 Å². The van der Waals surface area contributed by atoms with E-state index in [1.807, 2.05) is 12.1 Å². The lowest BCUT2D eigenvalue weighted by atomic mass is 10.2. The zero-order valence-electron chi connectivity index (χ0n) is 10.6. The Kier molecular flexibility index (Phi) is 5.45. The number of thiophene rings is 1. The molecular weight excluding hydrogens is 270 g/mol. The van der Waals surface area contributed by atoms with E-state index >= 15 is 0 Å². The Morgan fingerprint density at radius 1 is 1.56 bits per heavy atom. The van der Waals surface area contributed by atoms with Gasteiger partial charge in [0.15, 0.2) is 0 Å². The third-order valence-corrected chi connectivity index (χ3v) is 4.46. The molecule has 2 unspecified atom stereocenters. The van der Waals surface area contributed by atoms with Crippen LogP contribution in [0.1, 0.15) is 30.7 Å². The van der Waals surface area contributed by atoms with Crippen molar-refractivity contribution in [1.82, 2.24) is 5.32 Å². The molecule has 1 heterocycles. The van der Waals surface area contributed by atoms with Gasteiger partial charge in [-0.2, -0.15) is 0 Å². The van der Waals surface area contributed by atoms with Gasteiger partial charge in [-0.3, -0.25) is 0 Å². The van der Waals surface area contributed by atoms with E-state index in [2.05, 4.69) is 12.2 Å².